The van der Waals surface area contributed by atoms with Crippen molar-refractivity contribution < 1.29 is 0 Å². The number of rotatable bonds is 1. The van der Waals surface area contributed by atoms with Crippen molar-refractivity contribution in [3.05, 3.63) is 56.8 Å². The monoisotopic (exact) mass is 239 g/mol. The van der Waals surface area contributed by atoms with Crippen molar-refractivity contribution in [2.24, 2.45) is 0 Å². The second kappa shape index (κ2) is 4.09. The first-order valence-electron chi connectivity index (χ1n) is 4.30. The summed E-state index contributed by atoms with van der Waals surface area (Å²) in [7, 11) is 0. The third-order valence-electron chi connectivity index (χ3n) is 1.95. The minimum Gasteiger partial charge on any atom is -0.361 e. The summed E-state index contributed by atoms with van der Waals surface area (Å²) in [5.41, 5.74) is 1.44. The summed E-state index contributed by atoms with van der Waals surface area (Å²) in [4.78, 5) is 14.1. The molecule has 0 radical (unpaired) electrons. The quantitative estimate of drug-likeness (QED) is 0.814. The molecule has 0 amide bonds. The third-order valence-corrected chi connectivity index (χ3v) is 2.38. The zero-order chi connectivity index (χ0) is 10.8. The van der Waals surface area contributed by atoms with Crippen LogP contribution in [0.5, 0.6) is 0 Å². The molecule has 1 aromatic carbocycles. The molecule has 1 aromatic heterocycles. The van der Waals surface area contributed by atoms with Crippen LogP contribution in [0.25, 0.3) is 11.3 Å². The van der Waals surface area contributed by atoms with Gasteiger partial charge in [0.2, 0.25) is 0 Å². The number of aromatic nitrogens is 1. The van der Waals surface area contributed by atoms with E-state index in [4.69, 9.17) is 23.2 Å². The molecule has 0 saturated heterocycles. The van der Waals surface area contributed by atoms with E-state index in [0.29, 0.717) is 15.7 Å². The van der Waals surface area contributed by atoms with Crippen LogP contribution in [-0.2, 0) is 0 Å². The Morgan fingerprint density at radius 1 is 1.00 bits per heavy atom. The van der Waals surface area contributed by atoms with E-state index in [1.165, 1.54) is 12.1 Å². The first kappa shape index (κ1) is 10.3. The highest BCUT2D eigenvalue weighted by molar-refractivity contribution is 6.35. The van der Waals surface area contributed by atoms with Gasteiger partial charge in [0.05, 0.1) is 0 Å². The highest BCUT2D eigenvalue weighted by atomic mass is 35.5. The molecule has 76 valence electrons. The lowest BCUT2D eigenvalue weighted by molar-refractivity contribution is 1.30. The largest absolute Gasteiger partial charge is 0.361 e. The number of aromatic amines is 1. The van der Waals surface area contributed by atoms with E-state index in [1.54, 1.807) is 24.4 Å². The first-order chi connectivity index (χ1) is 7.15. The van der Waals surface area contributed by atoms with Gasteiger partial charge in [-0.15, -0.1) is 0 Å². The minimum atomic E-state index is -0.0557. The highest BCUT2D eigenvalue weighted by Gasteiger charge is 2.01. The van der Waals surface area contributed by atoms with Crippen LogP contribution in [0.4, 0.5) is 0 Å². The number of hydrogen-bond acceptors (Lipinski definition) is 1. The molecule has 0 aliphatic carbocycles. The number of nitrogens with one attached hydrogen (secondary N) is 1. The van der Waals surface area contributed by atoms with Crippen molar-refractivity contribution in [1.29, 1.82) is 0 Å². The molecule has 0 atom stereocenters. The summed E-state index contributed by atoms with van der Waals surface area (Å²) in [5.74, 6) is 0. The predicted molar refractivity (Wildman–Crippen MR) is 62.5 cm³/mol. The lowest BCUT2D eigenvalue weighted by Crippen LogP contribution is -1.97. The Kier molecular flexibility index (Phi) is 2.80. The molecule has 2 aromatic rings. The molecule has 4 heteroatoms. The van der Waals surface area contributed by atoms with Gasteiger partial charge in [-0.05, 0) is 18.2 Å². The summed E-state index contributed by atoms with van der Waals surface area (Å²) in [6.07, 6.45) is 1.59. The third kappa shape index (κ3) is 2.41. The molecule has 0 unspecified atom stereocenters. The van der Waals surface area contributed by atoms with E-state index < -0.39 is 0 Å². The molecule has 2 rings (SSSR count). The van der Waals surface area contributed by atoms with Gasteiger partial charge in [0, 0.05) is 39.6 Å². The van der Waals surface area contributed by atoms with Crippen LogP contribution in [0.15, 0.2) is 41.3 Å². The molecule has 0 saturated carbocycles. The Hall–Kier alpha value is -1.25. The molecule has 0 aliphatic rings. The van der Waals surface area contributed by atoms with Crippen LogP contribution in [0, 0.1) is 0 Å². The van der Waals surface area contributed by atoms with E-state index in [0.717, 1.165) is 5.56 Å². The maximum Gasteiger partial charge on any atom is 0.182 e. The molecule has 15 heavy (non-hydrogen) atoms. The zero-order valence-electron chi connectivity index (χ0n) is 7.63. The van der Waals surface area contributed by atoms with Gasteiger partial charge in [0.25, 0.3) is 0 Å². The van der Waals surface area contributed by atoms with Gasteiger partial charge < -0.3 is 4.98 Å². The van der Waals surface area contributed by atoms with Crippen LogP contribution < -0.4 is 5.43 Å². The van der Waals surface area contributed by atoms with Crippen molar-refractivity contribution in [1.82, 2.24) is 4.98 Å². The van der Waals surface area contributed by atoms with Gasteiger partial charge >= 0.3 is 0 Å². The molecule has 2 nitrogen and oxygen atoms in total. The van der Waals surface area contributed by atoms with E-state index in [-0.39, 0.29) is 5.43 Å². The molecular weight excluding hydrogens is 233 g/mol. The Bertz CT molecular complexity index is 528. The maximum atomic E-state index is 11.1. The maximum absolute atomic E-state index is 11.1. The Morgan fingerprint density at radius 2 is 1.67 bits per heavy atom. The summed E-state index contributed by atoms with van der Waals surface area (Å²) >= 11 is 11.7. The molecule has 0 bridgehead atoms. The Morgan fingerprint density at radius 3 is 2.27 bits per heavy atom. The normalized spacial score (nSPS) is 10.3. The smallest absolute Gasteiger partial charge is 0.182 e. The molecule has 0 spiro atoms. The van der Waals surface area contributed by atoms with Crippen LogP contribution in [0.2, 0.25) is 10.0 Å². The van der Waals surface area contributed by atoms with Crippen LogP contribution in [0.3, 0.4) is 0 Å². The van der Waals surface area contributed by atoms with Gasteiger partial charge in [-0.1, -0.05) is 23.2 Å². The number of benzene rings is 1. The SMILES string of the molecule is O=c1cc[nH]c(-c2cc(Cl)cc(Cl)c2)c1. The predicted octanol–water partition coefficient (Wildman–Crippen LogP) is 3.35. The van der Waals surface area contributed by atoms with Gasteiger partial charge in [-0.2, -0.15) is 0 Å². The van der Waals surface area contributed by atoms with Crippen molar-refractivity contribution >= 4 is 23.2 Å². The summed E-state index contributed by atoms with van der Waals surface area (Å²) in [6.45, 7) is 0. The number of halogens is 2. The van der Waals surface area contributed by atoms with Crippen molar-refractivity contribution in [3.8, 4) is 11.3 Å². The summed E-state index contributed by atoms with van der Waals surface area (Å²) in [6, 6.07) is 8.10. The molecule has 0 fully saturated rings. The fourth-order valence-electron chi connectivity index (χ4n) is 1.32. The van der Waals surface area contributed by atoms with Gasteiger partial charge in [0.15, 0.2) is 5.43 Å². The van der Waals surface area contributed by atoms with E-state index >= 15 is 0 Å². The summed E-state index contributed by atoms with van der Waals surface area (Å²) in [5, 5.41) is 1.09. The fraction of sp³-hybridized carbons (Fsp3) is 0. The number of hydrogen-bond donors (Lipinski definition) is 1. The standard InChI is InChI=1S/C11H7Cl2NO/c12-8-3-7(4-9(13)5-8)11-6-10(15)1-2-14-11/h1-6H,(H,14,15). The van der Waals surface area contributed by atoms with E-state index in [2.05, 4.69) is 4.98 Å². The van der Waals surface area contributed by atoms with Crippen molar-refractivity contribution in [3.63, 3.8) is 0 Å². The lowest BCUT2D eigenvalue weighted by atomic mass is 10.1. The van der Waals surface area contributed by atoms with Crippen LogP contribution in [-0.4, -0.2) is 4.98 Å². The van der Waals surface area contributed by atoms with Gasteiger partial charge in [0.1, 0.15) is 0 Å². The number of H-pyrrole nitrogens is 1. The average molecular weight is 240 g/mol. The molecule has 0 aliphatic heterocycles. The second-order valence-corrected chi connectivity index (χ2v) is 3.97. The molecule has 1 N–H and O–H groups in total. The number of pyridine rings is 1. The zero-order valence-corrected chi connectivity index (χ0v) is 9.14. The Labute approximate surface area is 96.5 Å². The van der Waals surface area contributed by atoms with Gasteiger partial charge in [-0.3, -0.25) is 4.79 Å². The highest BCUT2D eigenvalue weighted by Crippen LogP contribution is 2.24. The fourth-order valence-corrected chi connectivity index (χ4v) is 1.85. The lowest BCUT2D eigenvalue weighted by Gasteiger charge is -2.02. The minimum absolute atomic E-state index is 0.0557. The second-order valence-electron chi connectivity index (χ2n) is 3.10. The topological polar surface area (TPSA) is 32.9 Å². The first-order valence-corrected chi connectivity index (χ1v) is 5.06. The Balaban J connectivity index is 2.58. The van der Waals surface area contributed by atoms with Gasteiger partial charge in [-0.25, -0.2) is 0 Å². The van der Waals surface area contributed by atoms with Crippen molar-refractivity contribution in [2.45, 2.75) is 0 Å². The van der Waals surface area contributed by atoms with Crippen molar-refractivity contribution in [2.75, 3.05) is 0 Å². The molecule has 1 heterocycles. The molecular formula is C11H7Cl2NO. The van der Waals surface area contributed by atoms with E-state index in [9.17, 15) is 4.79 Å². The summed E-state index contributed by atoms with van der Waals surface area (Å²) < 4.78 is 0. The van der Waals surface area contributed by atoms with Crippen LogP contribution >= 0.6 is 23.2 Å². The average Bonchev–Trinajstić information content (AvgIpc) is 2.16. The van der Waals surface area contributed by atoms with Crippen LogP contribution in [0.1, 0.15) is 0 Å². The van der Waals surface area contributed by atoms with E-state index in [1.807, 2.05) is 0 Å².